The molecule has 1 saturated heterocycles. The average Bonchev–Trinajstić information content (AvgIpc) is 2.39. The van der Waals surface area contributed by atoms with Gasteiger partial charge < -0.3 is 19.9 Å². The summed E-state index contributed by atoms with van der Waals surface area (Å²) in [7, 11) is 1.57. The lowest BCUT2D eigenvalue weighted by Crippen LogP contribution is -2.30. The third-order valence-corrected chi connectivity index (χ3v) is 2.97. The lowest BCUT2D eigenvalue weighted by Gasteiger charge is -2.25. The normalized spacial score (nSPS) is 19.3. The zero-order chi connectivity index (χ0) is 13.0. The van der Waals surface area contributed by atoms with Crippen LogP contribution in [0.1, 0.15) is 23.2 Å². The smallest absolute Gasteiger partial charge is 0.335 e. The Morgan fingerprint density at radius 3 is 3.00 bits per heavy atom. The van der Waals surface area contributed by atoms with E-state index in [0.717, 1.165) is 19.4 Å². The maximum absolute atomic E-state index is 11.0. The molecule has 0 aliphatic carbocycles. The summed E-state index contributed by atoms with van der Waals surface area (Å²) in [5.41, 5.74) is 0.947. The molecule has 5 nitrogen and oxygen atoms in total. The molecule has 1 aromatic carbocycles. The molecule has 2 rings (SSSR count). The number of hydrogen-bond acceptors (Lipinski definition) is 4. The first-order valence-corrected chi connectivity index (χ1v) is 5.96. The Labute approximate surface area is 106 Å². The highest BCUT2D eigenvalue weighted by Crippen LogP contribution is 2.27. The fourth-order valence-corrected chi connectivity index (χ4v) is 2.03. The molecular formula is C13H17NO4. The second-order valence-electron chi connectivity index (χ2n) is 4.28. The first-order chi connectivity index (χ1) is 8.70. The van der Waals surface area contributed by atoms with Crippen molar-refractivity contribution in [2.75, 3.05) is 25.6 Å². The van der Waals surface area contributed by atoms with E-state index in [4.69, 9.17) is 14.6 Å². The van der Waals surface area contributed by atoms with Crippen LogP contribution >= 0.6 is 0 Å². The molecule has 1 atom stereocenters. The van der Waals surface area contributed by atoms with Crippen LogP contribution in [-0.4, -0.2) is 37.4 Å². The third-order valence-electron chi connectivity index (χ3n) is 2.97. The summed E-state index contributed by atoms with van der Waals surface area (Å²) in [6, 6.07) is 4.99. The topological polar surface area (TPSA) is 67.8 Å². The lowest BCUT2D eigenvalue weighted by atomic mass is 10.1. The highest BCUT2D eigenvalue weighted by atomic mass is 16.5. The molecule has 1 aliphatic heterocycles. The lowest BCUT2D eigenvalue weighted by molar-refractivity contribution is 0.0697. The standard InChI is InChI=1S/C13H17NO4/c1-17-12-5-4-9(13(15)16)7-11(12)14-10-3-2-6-18-8-10/h4-5,7,10,14H,2-3,6,8H2,1H3,(H,15,16). The van der Waals surface area contributed by atoms with Crippen molar-refractivity contribution in [1.82, 2.24) is 0 Å². The van der Waals surface area contributed by atoms with Crippen molar-refractivity contribution in [3.8, 4) is 5.75 Å². The molecule has 1 unspecified atom stereocenters. The predicted molar refractivity (Wildman–Crippen MR) is 67.4 cm³/mol. The fraction of sp³-hybridized carbons (Fsp3) is 0.462. The first-order valence-electron chi connectivity index (χ1n) is 5.96. The summed E-state index contributed by atoms with van der Waals surface area (Å²) in [6.45, 7) is 1.44. The van der Waals surface area contributed by atoms with Crippen molar-refractivity contribution in [2.45, 2.75) is 18.9 Å². The molecule has 1 aromatic rings. The van der Waals surface area contributed by atoms with Crippen LogP contribution in [0.15, 0.2) is 18.2 Å². The van der Waals surface area contributed by atoms with Crippen molar-refractivity contribution in [3.63, 3.8) is 0 Å². The van der Waals surface area contributed by atoms with Gasteiger partial charge in [0.15, 0.2) is 0 Å². The van der Waals surface area contributed by atoms with Crippen LogP contribution in [0.25, 0.3) is 0 Å². The summed E-state index contributed by atoms with van der Waals surface area (Å²) >= 11 is 0. The molecule has 2 N–H and O–H groups in total. The molecule has 0 saturated carbocycles. The molecular weight excluding hydrogens is 234 g/mol. The molecule has 1 heterocycles. The minimum absolute atomic E-state index is 0.205. The van der Waals surface area contributed by atoms with E-state index >= 15 is 0 Å². The summed E-state index contributed by atoms with van der Waals surface area (Å²) in [5, 5.41) is 12.3. The molecule has 5 heteroatoms. The van der Waals surface area contributed by atoms with Crippen LogP contribution < -0.4 is 10.1 Å². The molecule has 0 spiro atoms. The van der Waals surface area contributed by atoms with E-state index in [1.165, 1.54) is 6.07 Å². The number of carbonyl (C=O) groups is 1. The predicted octanol–water partition coefficient (Wildman–Crippen LogP) is 1.98. The van der Waals surface area contributed by atoms with Gasteiger partial charge in [0.2, 0.25) is 0 Å². The number of nitrogens with one attached hydrogen (secondary N) is 1. The number of carboxylic acid groups (broad SMARTS) is 1. The second kappa shape index (κ2) is 5.73. The van der Waals surface area contributed by atoms with E-state index in [0.29, 0.717) is 18.0 Å². The molecule has 98 valence electrons. The van der Waals surface area contributed by atoms with Crippen LogP contribution in [-0.2, 0) is 4.74 Å². The number of anilines is 1. The van der Waals surface area contributed by atoms with Gasteiger partial charge in [-0.2, -0.15) is 0 Å². The number of methoxy groups -OCH3 is 1. The molecule has 18 heavy (non-hydrogen) atoms. The van der Waals surface area contributed by atoms with Gasteiger partial charge >= 0.3 is 5.97 Å². The average molecular weight is 251 g/mol. The zero-order valence-corrected chi connectivity index (χ0v) is 10.3. The zero-order valence-electron chi connectivity index (χ0n) is 10.3. The summed E-state index contributed by atoms with van der Waals surface area (Å²) in [6.07, 6.45) is 2.03. The van der Waals surface area contributed by atoms with Crippen LogP contribution in [0.3, 0.4) is 0 Å². The minimum atomic E-state index is -0.944. The van der Waals surface area contributed by atoms with E-state index in [9.17, 15) is 4.79 Å². The Kier molecular flexibility index (Phi) is 4.04. The van der Waals surface area contributed by atoms with Crippen molar-refractivity contribution in [2.24, 2.45) is 0 Å². The first kappa shape index (κ1) is 12.7. The summed E-state index contributed by atoms with van der Waals surface area (Å²) < 4.78 is 10.6. The van der Waals surface area contributed by atoms with Crippen molar-refractivity contribution in [1.29, 1.82) is 0 Å². The Morgan fingerprint density at radius 1 is 1.56 bits per heavy atom. The van der Waals surface area contributed by atoms with E-state index in [1.54, 1.807) is 19.2 Å². The van der Waals surface area contributed by atoms with Gasteiger partial charge in [-0.1, -0.05) is 0 Å². The fourth-order valence-electron chi connectivity index (χ4n) is 2.03. The van der Waals surface area contributed by atoms with E-state index in [2.05, 4.69) is 5.32 Å². The Bertz CT molecular complexity index is 427. The van der Waals surface area contributed by atoms with Crippen LogP contribution in [0.5, 0.6) is 5.75 Å². The number of hydrogen-bond donors (Lipinski definition) is 2. The molecule has 1 fully saturated rings. The molecule has 0 amide bonds. The van der Waals surface area contributed by atoms with Crippen molar-refractivity contribution in [3.05, 3.63) is 23.8 Å². The van der Waals surface area contributed by atoms with E-state index in [-0.39, 0.29) is 11.6 Å². The summed E-state index contributed by atoms with van der Waals surface area (Å²) in [4.78, 5) is 11.0. The van der Waals surface area contributed by atoms with Crippen LogP contribution in [0.4, 0.5) is 5.69 Å². The quantitative estimate of drug-likeness (QED) is 0.856. The van der Waals surface area contributed by atoms with E-state index < -0.39 is 5.97 Å². The molecule has 1 aliphatic rings. The second-order valence-corrected chi connectivity index (χ2v) is 4.28. The van der Waals surface area contributed by atoms with Crippen molar-refractivity contribution < 1.29 is 19.4 Å². The van der Waals surface area contributed by atoms with Crippen LogP contribution in [0, 0.1) is 0 Å². The maximum Gasteiger partial charge on any atom is 0.335 e. The van der Waals surface area contributed by atoms with Crippen molar-refractivity contribution >= 4 is 11.7 Å². The highest BCUT2D eigenvalue weighted by molar-refractivity contribution is 5.89. The van der Waals surface area contributed by atoms with Gasteiger partial charge in [-0.25, -0.2) is 4.79 Å². The Hall–Kier alpha value is -1.75. The van der Waals surface area contributed by atoms with Crippen LogP contribution in [0.2, 0.25) is 0 Å². The molecule has 0 aromatic heterocycles. The van der Waals surface area contributed by atoms with Gasteiger partial charge in [0.25, 0.3) is 0 Å². The van der Waals surface area contributed by atoms with Gasteiger partial charge in [0, 0.05) is 12.6 Å². The van der Waals surface area contributed by atoms with E-state index in [1.807, 2.05) is 0 Å². The molecule has 0 radical (unpaired) electrons. The van der Waals surface area contributed by atoms with Gasteiger partial charge in [0.1, 0.15) is 5.75 Å². The van der Waals surface area contributed by atoms with Gasteiger partial charge in [-0.05, 0) is 31.0 Å². The summed E-state index contributed by atoms with van der Waals surface area (Å²) in [5.74, 6) is -0.300. The number of aromatic carboxylic acids is 1. The van der Waals surface area contributed by atoms with Gasteiger partial charge in [-0.15, -0.1) is 0 Å². The molecule has 0 bridgehead atoms. The third kappa shape index (κ3) is 2.92. The highest BCUT2D eigenvalue weighted by Gasteiger charge is 2.16. The van der Waals surface area contributed by atoms with Gasteiger partial charge in [0.05, 0.1) is 25.0 Å². The number of rotatable bonds is 4. The largest absolute Gasteiger partial charge is 0.495 e. The minimum Gasteiger partial charge on any atom is -0.495 e. The SMILES string of the molecule is COc1ccc(C(=O)O)cc1NC1CCCOC1. The number of carboxylic acids is 1. The Morgan fingerprint density at radius 2 is 2.39 bits per heavy atom. The van der Waals surface area contributed by atoms with Gasteiger partial charge in [-0.3, -0.25) is 0 Å². The Balaban J connectivity index is 2.17. The number of benzene rings is 1. The monoisotopic (exact) mass is 251 g/mol. The number of ether oxygens (including phenoxy) is 2. The maximum atomic E-state index is 11.0.